The Morgan fingerprint density at radius 1 is 0.885 bits per heavy atom. The molecule has 2 heterocycles. The van der Waals surface area contributed by atoms with Crippen molar-refractivity contribution < 1.29 is 0 Å². The molecule has 2 aromatic carbocycles. The molecule has 26 heavy (non-hydrogen) atoms. The fourth-order valence-electron chi connectivity index (χ4n) is 3.23. The average Bonchev–Trinajstić information content (AvgIpc) is 2.78. The van der Waals surface area contributed by atoms with Crippen molar-refractivity contribution in [2.75, 3.05) is 11.9 Å². The topological polar surface area (TPSA) is 29.9 Å². The zero-order valence-corrected chi connectivity index (χ0v) is 16.7. The summed E-state index contributed by atoms with van der Waals surface area (Å²) in [5.74, 6) is 0.974. The van der Waals surface area contributed by atoms with E-state index in [9.17, 15) is 0 Å². The van der Waals surface area contributed by atoms with E-state index in [0.717, 1.165) is 54.1 Å². The molecule has 0 saturated carbocycles. The average molecular weight is 427 g/mol. The van der Waals surface area contributed by atoms with Gasteiger partial charge in [0.25, 0.3) is 0 Å². The van der Waals surface area contributed by atoms with Crippen LogP contribution in [0, 0.1) is 0 Å². The molecule has 0 aliphatic carbocycles. The second-order valence-electron chi connectivity index (χ2n) is 6.23. The third-order valence-electron chi connectivity index (χ3n) is 4.41. The van der Waals surface area contributed by atoms with Crippen LogP contribution < -0.4 is 5.32 Å². The molecule has 1 aliphatic rings. The highest BCUT2D eigenvalue weighted by Gasteiger charge is 2.22. The molecular weight excluding hydrogens is 412 g/mol. The predicted molar refractivity (Wildman–Crippen MR) is 110 cm³/mol. The summed E-state index contributed by atoms with van der Waals surface area (Å²) in [5.41, 5.74) is 3.81. The molecule has 3 aromatic rings. The number of nitrogens with zero attached hydrogens (tertiary/aromatic N) is 2. The van der Waals surface area contributed by atoms with E-state index in [0.29, 0.717) is 20.1 Å². The van der Waals surface area contributed by atoms with Crippen LogP contribution in [-0.2, 0) is 6.42 Å². The molecule has 0 bridgehead atoms. The van der Waals surface area contributed by atoms with Crippen molar-refractivity contribution >= 4 is 52.2 Å². The summed E-state index contributed by atoms with van der Waals surface area (Å²) in [6, 6.07) is 11.0. The molecule has 7 heteroatoms. The van der Waals surface area contributed by atoms with Crippen LogP contribution in [-0.4, -0.2) is 16.3 Å². The Morgan fingerprint density at radius 2 is 1.65 bits per heavy atom. The first-order chi connectivity index (χ1) is 12.5. The number of nitrogens with one attached hydrogen (secondary N) is 1. The molecule has 1 N–H and O–H groups in total. The molecule has 134 valence electrons. The van der Waals surface area contributed by atoms with Gasteiger partial charge in [-0.3, -0.25) is 0 Å². The molecule has 0 spiro atoms. The van der Waals surface area contributed by atoms with Crippen LogP contribution >= 0.6 is 46.4 Å². The number of hydrogen-bond acceptors (Lipinski definition) is 2. The quantitative estimate of drug-likeness (QED) is 0.482. The number of anilines is 1. The number of rotatable bonds is 2. The van der Waals surface area contributed by atoms with Gasteiger partial charge in [0.05, 0.1) is 21.4 Å². The van der Waals surface area contributed by atoms with Crippen molar-refractivity contribution in [1.82, 2.24) is 9.78 Å². The number of benzene rings is 2. The van der Waals surface area contributed by atoms with Crippen LogP contribution in [0.3, 0.4) is 0 Å². The lowest BCUT2D eigenvalue weighted by Crippen LogP contribution is -2.07. The van der Waals surface area contributed by atoms with Gasteiger partial charge < -0.3 is 5.32 Å². The van der Waals surface area contributed by atoms with E-state index in [2.05, 4.69) is 5.32 Å². The summed E-state index contributed by atoms with van der Waals surface area (Å²) in [7, 11) is 0. The van der Waals surface area contributed by atoms with Gasteiger partial charge in [0, 0.05) is 27.7 Å². The van der Waals surface area contributed by atoms with Crippen molar-refractivity contribution in [3.8, 4) is 16.9 Å². The molecule has 0 atom stereocenters. The molecule has 3 nitrogen and oxygen atoms in total. The van der Waals surface area contributed by atoms with E-state index in [1.807, 2.05) is 28.9 Å². The number of aromatic nitrogens is 2. The maximum Gasteiger partial charge on any atom is 0.133 e. The molecule has 4 rings (SSSR count). The minimum absolute atomic E-state index is 0.514. The first kappa shape index (κ1) is 18.0. The summed E-state index contributed by atoms with van der Waals surface area (Å²) in [6.45, 7) is 0.897. The van der Waals surface area contributed by atoms with E-state index in [1.165, 1.54) is 0 Å². The van der Waals surface area contributed by atoms with E-state index in [1.54, 1.807) is 12.1 Å². The van der Waals surface area contributed by atoms with E-state index < -0.39 is 0 Å². The SMILES string of the molecule is Clc1cc(Cl)cc(-n2nc(-c3ccc(Cl)c(Cl)c3)c3c2NCCCC3)c1. The van der Waals surface area contributed by atoms with Gasteiger partial charge in [0.1, 0.15) is 5.82 Å². The monoisotopic (exact) mass is 425 g/mol. The zero-order chi connectivity index (χ0) is 18.3. The molecule has 1 aromatic heterocycles. The Hall–Kier alpha value is -1.39. The summed E-state index contributed by atoms with van der Waals surface area (Å²) in [4.78, 5) is 0. The van der Waals surface area contributed by atoms with Crippen LogP contribution in [0.5, 0.6) is 0 Å². The fourth-order valence-corrected chi connectivity index (χ4v) is 4.04. The van der Waals surface area contributed by atoms with Gasteiger partial charge in [0.15, 0.2) is 0 Å². The van der Waals surface area contributed by atoms with Crippen molar-refractivity contribution in [3.05, 3.63) is 62.1 Å². The van der Waals surface area contributed by atoms with Crippen molar-refractivity contribution in [3.63, 3.8) is 0 Å². The lowest BCUT2D eigenvalue weighted by molar-refractivity contribution is 0.780. The highest BCUT2D eigenvalue weighted by atomic mass is 35.5. The van der Waals surface area contributed by atoms with Crippen molar-refractivity contribution in [2.45, 2.75) is 19.3 Å². The molecule has 0 saturated heterocycles. The van der Waals surface area contributed by atoms with Crippen LogP contribution in [0.4, 0.5) is 5.82 Å². The van der Waals surface area contributed by atoms with E-state index in [4.69, 9.17) is 51.5 Å². The first-order valence-corrected chi connectivity index (χ1v) is 9.82. The predicted octanol–water partition coefficient (Wildman–Crippen LogP) is 6.90. The lowest BCUT2D eigenvalue weighted by Gasteiger charge is -2.10. The molecule has 1 aliphatic heterocycles. The van der Waals surface area contributed by atoms with Gasteiger partial charge in [-0.1, -0.05) is 52.5 Å². The maximum atomic E-state index is 6.23. The van der Waals surface area contributed by atoms with Gasteiger partial charge in [-0.05, 0) is 49.6 Å². The molecule has 0 unspecified atom stereocenters. The summed E-state index contributed by atoms with van der Waals surface area (Å²) < 4.78 is 1.87. The molecule has 0 radical (unpaired) electrons. The van der Waals surface area contributed by atoms with Crippen molar-refractivity contribution in [1.29, 1.82) is 0 Å². The Bertz CT molecular complexity index is 961. The lowest BCUT2D eigenvalue weighted by atomic mass is 10.0. The van der Waals surface area contributed by atoms with E-state index in [-0.39, 0.29) is 0 Å². The second-order valence-corrected chi connectivity index (χ2v) is 7.92. The molecule has 0 amide bonds. The second kappa shape index (κ2) is 7.32. The van der Waals surface area contributed by atoms with Crippen LogP contribution in [0.25, 0.3) is 16.9 Å². The normalized spacial score (nSPS) is 13.8. The highest BCUT2D eigenvalue weighted by Crippen LogP contribution is 2.37. The van der Waals surface area contributed by atoms with Gasteiger partial charge in [-0.2, -0.15) is 5.10 Å². The molecule has 0 fully saturated rings. The first-order valence-electron chi connectivity index (χ1n) is 8.30. The highest BCUT2D eigenvalue weighted by molar-refractivity contribution is 6.42. The van der Waals surface area contributed by atoms with Gasteiger partial charge in [0.2, 0.25) is 0 Å². The smallest absolute Gasteiger partial charge is 0.133 e. The third-order valence-corrected chi connectivity index (χ3v) is 5.59. The number of hydrogen-bond donors (Lipinski definition) is 1. The largest absolute Gasteiger partial charge is 0.370 e. The van der Waals surface area contributed by atoms with Gasteiger partial charge in [-0.15, -0.1) is 0 Å². The van der Waals surface area contributed by atoms with Gasteiger partial charge in [-0.25, -0.2) is 4.68 Å². The van der Waals surface area contributed by atoms with Crippen LogP contribution in [0.1, 0.15) is 18.4 Å². The molecular formula is C19H15Cl4N3. The summed E-state index contributed by atoms with van der Waals surface area (Å²) in [6.07, 6.45) is 3.13. The van der Waals surface area contributed by atoms with Crippen LogP contribution in [0.2, 0.25) is 20.1 Å². The van der Waals surface area contributed by atoms with Crippen LogP contribution in [0.15, 0.2) is 36.4 Å². The third kappa shape index (κ3) is 3.41. The minimum atomic E-state index is 0.514. The Labute approximate surface area is 171 Å². The Morgan fingerprint density at radius 3 is 2.38 bits per heavy atom. The standard InChI is InChI=1S/C19H15Cl4N3/c20-12-8-13(21)10-14(9-12)26-19-15(3-1-2-6-24-19)18(25-26)11-4-5-16(22)17(23)7-11/h4-5,7-10,24H,1-3,6H2. The number of halogens is 4. The Balaban J connectivity index is 1.93. The van der Waals surface area contributed by atoms with Gasteiger partial charge >= 0.3 is 0 Å². The fraction of sp³-hybridized carbons (Fsp3) is 0.211. The maximum absolute atomic E-state index is 6.23. The van der Waals surface area contributed by atoms with E-state index >= 15 is 0 Å². The summed E-state index contributed by atoms with van der Waals surface area (Å²) >= 11 is 24.7. The summed E-state index contributed by atoms with van der Waals surface area (Å²) in [5, 5.41) is 10.5. The van der Waals surface area contributed by atoms with Crippen molar-refractivity contribution in [2.24, 2.45) is 0 Å². The zero-order valence-electron chi connectivity index (χ0n) is 13.7. The Kier molecular flexibility index (Phi) is 5.07. The minimum Gasteiger partial charge on any atom is -0.370 e. The number of fused-ring (bicyclic) bond motifs is 1.